The molecule has 10 rings (SSSR count). The number of nitrogens with zero attached hydrogens (tertiary/aromatic N) is 4. The standard InChI is InChI=1S/C38H12Cl4N4O8S2/c39-15-5-13-7-21(35(51)53-29(13)23(41)9-15)25-11-55-37(43-25)45-31(47)17-1-2-18-28-20(4-3-19(27(17)28)33(45)49)34(50)46(32(18)48)38-44-26(12-56-38)22-8-14-6-16(40)10-24(42)30(14)54-36(22)52/h1-12H. The Labute approximate surface area is 338 Å². The normalized spacial score (nSPS) is 13.9. The number of imide groups is 2. The first-order chi connectivity index (χ1) is 26.9. The first-order valence-electron chi connectivity index (χ1n) is 16.0. The SMILES string of the molecule is O=C1c2ccc3c4c(ccc(c24)C(=O)N1c1nc(-c2cc4cc(Cl)cc(Cl)c4oc2=O)cs1)C(=O)N(c1nc(-c2cc4cc(Cl)cc(Cl)c4oc2=O)cs1)C3=O. The van der Waals surface area contributed by atoms with Crippen LogP contribution in [0.3, 0.4) is 0 Å². The maximum atomic E-state index is 14.1. The Morgan fingerprint density at radius 1 is 0.482 bits per heavy atom. The minimum Gasteiger partial charge on any atom is -0.421 e. The average Bonchev–Trinajstić information content (AvgIpc) is 3.84. The van der Waals surface area contributed by atoms with Crippen molar-refractivity contribution in [2.75, 3.05) is 9.80 Å². The summed E-state index contributed by atoms with van der Waals surface area (Å²) in [4.78, 5) is 92.8. The Hall–Kier alpha value is -5.74. The number of amides is 4. The Morgan fingerprint density at radius 3 is 1.20 bits per heavy atom. The molecule has 4 aromatic heterocycles. The van der Waals surface area contributed by atoms with Crippen molar-refractivity contribution in [1.82, 2.24) is 9.97 Å². The Kier molecular flexibility index (Phi) is 7.68. The molecule has 4 amide bonds. The zero-order valence-electron chi connectivity index (χ0n) is 27.3. The third kappa shape index (κ3) is 5.04. The van der Waals surface area contributed by atoms with E-state index >= 15 is 0 Å². The number of anilines is 2. The number of hydrogen-bond acceptors (Lipinski definition) is 12. The van der Waals surface area contributed by atoms with Gasteiger partial charge in [0.1, 0.15) is 0 Å². The monoisotopic (exact) mass is 856 g/mol. The number of rotatable bonds is 4. The minimum atomic E-state index is -0.750. The summed E-state index contributed by atoms with van der Waals surface area (Å²) >= 11 is 26.6. The summed E-state index contributed by atoms with van der Waals surface area (Å²) in [7, 11) is 0. The Bertz CT molecular complexity index is 3030. The van der Waals surface area contributed by atoms with E-state index in [0.29, 0.717) is 20.8 Å². The molecule has 6 heterocycles. The van der Waals surface area contributed by atoms with Crippen molar-refractivity contribution in [3.63, 3.8) is 0 Å². The highest BCUT2D eigenvalue weighted by atomic mass is 35.5. The van der Waals surface area contributed by atoms with Crippen LogP contribution in [0.15, 0.2) is 89.8 Å². The smallest absolute Gasteiger partial charge is 0.345 e. The molecular formula is C38H12Cl4N4O8S2. The van der Waals surface area contributed by atoms with Crippen LogP contribution in [-0.4, -0.2) is 33.6 Å². The van der Waals surface area contributed by atoms with E-state index in [1.165, 1.54) is 59.3 Å². The molecule has 8 aromatic rings. The predicted octanol–water partition coefficient (Wildman–Crippen LogP) is 9.51. The lowest BCUT2D eigenvalue weighted by molar-refractivity contribution is 0.0873. The number of thiazole rings is 2. The van der Waals surface area contributed by atoms with Gasteiger partial charge in [-0.1, -0.05) is 46.4 Å². The van der Waals surface area contributed by atoms with Gasteiger partial charge in [-0.25, -0.2) is 29.4 Å². The molecule has 272 valence electrons. The van der Waals surface area contributed by atoms with E-state index in [1.54, 1.807) is 12.1 Å². The van der Waals surface area contributed by atoms with Gasteiger partial charge in [0.25, 0.3) is 23.6 Å². The number of hydrogen-bond donors (Lipinski definition) is 0. The third-order valence-corrected chi connectivity index (χ3v) is 12.0. The summed E-state index contributed by atoms with van der Waals surface area (Å²) in [5.41, 5.74) is -0.586. The number of carbonyl (C=O) groups excluding carboxylic acids is 4. The van der Waals surface area contributed by atoms with Crippen molar-refractivity contribution in [1.29, 1.82) is 0 Å². The van der Waals surface area contributed by atoms with Crippen molar-refractivity contribution in [3.05, 3.63) is 135 Å². The lowest BCUT2D eigenvalue weighted by atomic mass is 9.86. The molecule has 0 N–H and O–H groups in total. The lowest BCUT2D eigenvalue weighted by Gasteiger charge is -2.30. The van der Waals surface area contributed by atoms with Crippen LogP contribution in [0.2, 0.25) is 20.1 Å². The van der Waals surface area contributed by atoms with Gasteiger partial charge in [0.05, 0.1) is 32.6 Å². The topological polar surface area (TPSA) is 161 Å². The molecule has 12 nitrogen and oxygen atoms in total. The molecule has 18 heteroatoms. The zero-order valence-corrected chi connectivity index (χ0v) is 32.0. The molecule has 0 atom stereocenters. The largest absolute Gasteiger partial charge is 0.421 e. The Morgan fingerprint density at radius 2 is 0.839 bits per heavy atom. The quantitative estimate of drug-likeness (QED) is 0.123. The number of fused-ring (bicyclic) bond motifs is 2. The molecule has 4 aromatic carbocycles. The number of halogens is 4. The summed E-state index contributed by atoms with van der Waals surface area (Å²) in [5.74, 6) is -3.00. The van der Waals surface area contributed by atoms with Gasteiger partial charge in [0, 0.05) is 64.6 Å². The van der Waals surface area contributed by atoms with E-state index in [2.05, 4.69) is 9.97 Å². The second-order valence-corrected chi connectivity index (χ2v) is 15.9. The van der Waals surface area contributed by atoms with Crippen LogP contribution >= 0.6 is 69.1 Å². The van der Waals surface area contributed by atoms with E-state index in [-0.39, 0.29) is 87.0 Å². The van der Waals surface area contributed by atoms with E-state index in [4.69, 9.17) is 55.2 Å². The van der Waals surface area contributed by atoms with Gasteiger partial charge in [0.2, 0.25) is 0 Å². The van der Waals surface area contributed by atoms with E-state index < -0.39 is 34.9 Å². The van der Waals surface area contributed by atoms with Crippen molar-refractivity contribution in [2.24, 2.45) is 0 Å². The molecule has 0 saturated heterocycles. The van der Waals surface area contributed by atoms with Gasteiger partial charge in [-0.2, -0.15) is 0 Å². The van der Waals surface area contributed by atoms with Gasteiger partial charge < -0.3 is 8.83 Å². The fourth-order valence-corrected chi connectivity index (χ4v) is 9.61. The van der Waals surface area contributed by atoms with Crippen LogP contribution in [0, 0.1) is 0 Å². The minimum absolute atomic E-state index is 0.0257. The van der Waals surface area contributed by atoms with Crippen LogP contribution in [-0.2, 0) is 0 Å². The predicted molar refractivity (Wildman–Crippen MR) is 213 cm³/mol. The van der Waals surface area contributed by atoms with Crippen molar-refractivity contribution in [2.45, 2.75) is 0 Å². The molecule has 0 aliphatic carbocycles. The zero-order chi connectivity index (χ0) is 38.9. The van der Waals surface area contributed by atoms with Gasteiger partial charge in [-0.15, -0.1) is 22.7 Å². The molecule has 2 aliphatic heterocycles. The third-order valence-electron chi connectivity index (χ3n) is 9.32. The first kappa shape index (κ1) is 34.7. The lowest BCUT2D eigenvalue weighted by Crippen LogP contribution is -2.43. The molecule has 0 saturated carbocycles. The van der Waals surface area contributed by atoms with Gasteiger partial charge in [-0.3, -0.25) is 19.2 Å². The fraction of sp³-hybridized carbons (Fsp3) is 0. The van der Waals surface area contributed by atoms with Crippen molar-refractivity contribution >= 4 is 136 Å². The van der Waals surface area contributed by atoms with Crippen LogP contribution in [0.25, 0.3) is 55.2 Å². The molecule has 0 radical (unpaired) electrons. The van der Waals surface area contributed by atoms with Crippen LogP contribution < -0.4 is 21.1 Å². The van der Waals surface area contributed by atoms with Crippen molar-refractivity contribution in [3.8, 4) is 22.5 Å². The van der Waals surface area contributed by atoms with Crippen LogP contribution in [0.1, 0.15) is 41.4 Å². The van der Waals surface area contributed by atoms with Gasteiger partial charge >= 0.3 is 11.3 Å². The maximum absolute atomic E-state index is 14.1. The molecule has 0 spiro atoms. The van der Waals surface area contributed by atoms with Crippen LogP contribution in [0.4, 0.5) is 10.3 Å². The molecular weight excluding hydrogens is 846 g/mol. The summed E-state index contributed by atoms with van der Waals surface area (Å²) in [6.45, 7) is 0. The summed E-state index contributed by atoms with van der Waals surface area (Å²) < 4.78 is 10.9. The highest BCUT2D eigenvalue weighted by Gasteiger charge is 2.42. The van der Waals surface area contributed by atoms with Crippen molar-refractivity contribution < 1.29 is 28.0 Å². The number of carbonyl (C=O) groups is 4. The van der Waals surface area contributed by atoms with E-state index in [9.17, 15) is 28.8 Å². The summed E-state index contributed by atoms with van der Waals surface area (Å²) in [6, 6.07) is 14.7. The number of benzene rings is 4. The van der Waals surface area contributed by atoms with Gasteiger partial charge in [0.15, 0.2) is 21.4 Å². The van der Waals surface area contributed by atoms with Gasteiger partial charge in [-0.05, 0) is 60.7 Å². The molecule has 0 unspecified atom stereocenters. The second-order valence-electron chi connectivity index (χ2n) is 12.5. The molecule has 0 bridgehead atoms. The first-order valence-corrected chi connectivity index (χ1v) is 19.3. The number of aromatic nitrogens is 2. The summed E-state index contributed by atoms with van der Waals surface area (Å²) in [6.07, 6.45) is 0. The summed E-state index contributed by atoms with van der Waals surface area (Å²) in [5, 5.41) is 5.06. The fourth-order valence-electron chi connectivity index (χ4n) is 6.88. The second kappa shape index (κ2) is 12.4. The van der Waals surface area contributed by atoms with Crippen LogP contribution in [0.5, 0.6) is 0 Å². The average molecular weight is 858 g/mol. The van der Waals surface area contributed by atoms with E-state index in [0.717, 1.165) is 32.5 Å². The van der Waals surface area contributed by atoms with E-state index in [1.807, 2.05) is 0 Å². The Balaban J connectivity index is 1.01. The maximum Gasteiger partial charge on any atom is 0.345 e. The highest BCUT2D eigenvalue weighted by molar-refractivity contribution is 7.15. The molecule has 0 fully saturated rings. The molecule has 56 heavy (non-hydrogen) atoms. The highest BCUT2D eigenvalue weighted by Crippen LogP contribution is 2.42. The molecule has 2 aliphatic rings.